The molecule has 28 heavy (non-hydrogen) atoms. The van der Waals surface area contributed by atoms with Crippen LogP contribution >= 0.6 is 0 Å². The first kappa shape index (κ1) is 20.4. The standard InChI is InChI=1S/C26H32O2/c1-6-28-25(27)21-11-9-20(10-12-21)16-19(3)22-13-14-23-18(2)8-7-15-26(4,5)24(23)17-22/h9-14,16-18H,6-8,15H2,1-5H3/b19-16+. The SMILES string of the molecule is CCOC(=O)c1ccc(/C=C(\C)c2ccc3c(c2)C(C)(C)CCCC3C)cc1. The Hall–Kier alpha value is -2.35. The number of hydrogen-bond acceptors (Lipinski definition) is 2. The minimum absolute atomic E-state index is 0.220. The molecule has 0 spiro atoms. The van der Waals surface area contributed by atoms with Crippen LogP contribution < -0.4 is 0 Å². The van der Waals surface area contributed by atoms with Crippen LogP contribution in [-0.2, 0) is 10.2 Å². The van der Waals surface area contributed by atoms with Crippen LogP contribution in [0.3, 0.4) is 0 Å². The molecule has 0 aromatic heterocycles. The highest BCUT2D eigenvalue weighted by molar-refractivity contribution is 5.90. The van der Waals surface area contributed by atoms with E-state index in [0.717, 1.165) is 5.56 Å². The molecule has 1 aliphatic carbocycles. The molecule has 0 amide bonds. The van der Waals surface area contributed by atoms with Gasteiger partial charge in [-0.3, -0.25) is 0 Å². The lowest BCUT2D eigenvalue weighted by Gasteiger charge is -2.27. The smallest absolute Gasteiger partial charge is 0.338 e. The van der Waals surface area contributed by atoms with Crippen molar-refractivity contribution in [1.82, 2.24) is 0 Å². The van der Waals surface area contributed by atoms with Gasteiger partial charge in [0.2, 0.25) is 0 Å². The molecule has 0 fully saturated rings. The predicted octanol–water partition coefficient (Wildman–Crippen LogP) is 6.99. The van der Waals surface area contributed by atoms with E-state index in [1.807, 2.05) is 31.2 Å². The zero-order valence-electron chi connectivity index (χ0n) is 17.8. The number of carbonyl (C=O) groups is 1. The Balaban J connectivity index is 1.89. The fourth-order valence-electron chi connectivity index (χ4n) is 4.22. The molecule has 1 unspecified atom stereocenters. The third kappa shape index (κ3) is 4.38. The second-order valence-corrected chi connectivity index (χ2v) is 8.65. The van der Waals surface area contributed by atoms with Gasteiger partial charge in [-0.2, -0.15) is 0 Å². The van der Waals surface area contributed by atoms with Crippen molar-refractivity contribution in [2.45, 2.75) is 65.2 Å². The van der Waals surface area contributed by atoms with Crippen molar-refractivity contribution in [2.75, 3.05) is 6.61 Å². The number of benzene rings is 2. The topological polar surface area (TPSA) is 26.3 Å². The molecule has 1 atom stereocenters. The molecule has 1 aliphatic rings. The van der Waals surface area contributed by atoms with E-state index in [2.05, 4.69) is 52.0 Å². The van der Waals surface area contributed by atoms with Crippen molar-refractivity contribution in [3.05, 3.63) is 70.3 Å². The fraction of sp³-hybridized carbons (Fsp3) is 0.423. The molecule has 0 saturated carbocycles. The van der Waals surface area contributed by atoms with Crippen LogP contribution in [0.15, 0.2) is 42.5 Å². The molecule has 0 N–H and O–H groups in total. The van der Waals surface area contributed by atoms with Gasteiger partial charge in [0.1, 0.15) is 0 Å². The highest BCUT2D eigenvalue weighted by Crippen LogP contribution is 2.41. The third-order valence-corrected chi connectivity index (χ3v) is 6.01. The van der Waals surface area contributed by atoms with Crippen LogP contribution in [0.5, 0.6) is 0 Å². The second kappa shape index (κ2) is 8.34. The maximum absolute atomic E-state index is 11.8. The molecule has 0 heterocycles. The van der Waals surface area contributed by atoms with Crippen molar-refractivity contribution in [2.24, 2.45) is 0 Å². The van der Waals surface area contributed by atoms with E-state index in [-0.39, 0.29) is 11.4 Å². The number of hydrogen-bond donors (Lipinski definition) is 0. The van der Waals surface area contributed by atoms with Crippen LogP contribution in [0.1, 0.15) is 92.4 Å². The van der Waals surface area contributed by atoms with Crippen LogP contribution in [-0.4, -0.2) is 12.6 Å². The summed E-state index contributed by atoms with van der Waals surface area (Å²) in [6, 6.07) is 14.6. The summed E-state index contributed by atoms with van der Waals surface area (Å²) in [7, 11) is 0. The Morgan fingerprint density at radius 3 is 2.50 bits per heavy atom. The molecular weight excluding hydrogens is 344 g/mol. The van der Waals surface area contributed by atoms with Gasteiger partial charge in [-0.15, -0.1) is 0 Å². The number of esters is 1. The zero-order chi connectivity index (χ0) is 20.3. The van der Waals surface area contributed by atoms with E-state index < -0.39 is 0 Å². The molecule has 2 aromatic rings. The summed E-state index contributed by atoms with van der Waals surface area (Å²) >= 11 is 0. The maximum Gasteiger partial charge on any atom is 0.338 e. The van der Waals surface area contributed by atoms with E-state index in [0.29, 0.717) is 18.1 Å². The average Bonchev–Trinajstić information content (AvgIpc) is 2.78. The largest absolute Gasteiger partial charge is 0.462 e. The van der Waals surface area contributed by atoms with Gasteiger partial charge in [-0.25, -0.2) is 4.79 Å². The molecule has 3 rings (SSSR count). The first-order chi connectivity index (χ1) is 13.3. The first-order valence-electron chi connectivity index (χ1n) is 10.4. The summed E-state index contributed by atoms with van der Waals surface area (Å²) in [5, 5.41) is 0. The van der Waals surface area contributed by atoms with Crippen LogP contribution in [0.2, 0.25) is 0 Å². The molecule has 0 saturated heterocycles. The minimum atomic E-state index is -0.267. The number of ether oxygens (including phenoxy) is 1. The van der Waals surface area contributed by atoms with Crippen molar-refractivity contribution in [3.8, 4) is 0 Å². The maximum atomic E-state index is 11.8. The van der Waals surface area contributed by atoms with Gasteiger partial charge in [-0.1, -0.05) is 63.6 Å². The Morgan fingerprint density at radius 1 is 1.14 bits per heavy atom. The van der Waals surface area contributed by atoms with E-state index >= 15 is 0 Å². The molecule has 2 heteroatoms. The molecule has 2 nitrogen and oxygen atoms in total. The lowest BCUT2D eigenvalue weighted by Crippen LogP contribution is -2.17. The van der Waals surface area contributed by atoms with E-state index in [9.17, 15) is 4.79 Å². The van der Waals surface area contributed by atoms with E-state index in [4.69, 9.17) is 4.74 Å². The Labute approximate surface area is 169 Å². The summed E-state index contributed by atoms with van der Waals surface area (Å²) in [6.45, 7) is 11.5. The van der Waals surface area contributed by atoms with Crippen LogP contribution in [0.4, 0.5) is 0 Å². The van der Waals surface area contributed by atoms with Crippen molar-refractivity contribution in [1.29, 1.82) is 0 Å². The lowest BCUT2D eigenvalue weighted by atomic mass is 9.78. The minimum Gasteiger partial charge on any atom is -0.462 e. The van der Waals surface area contributed by atoms with Crippen molar-refractivity contribution in [3.63, 3.8) is 0 Å². The molecule has 148 valence electrons. The third-order valence-electron chi connectivity index (χ3n) is 6.01. The quantitative estimate of drug-likeness (QED) is 0.326. The summed E-state index contributed by atoms with van der Waals surface area (Å²) in [4.78, 5) is 11.8. The monoisotopic (exact) mass is 376 g/mol. The molecule has 0 aliphatic heterocycles. The second-order valence-electron chi connectivity index (χ2n) is 8.65. The van der Waals surface area contributed by atoms with Crippen LogP contribution in [0, 0.1) is 0 Å². The predicted molar refractivity (Wildman–Crippen MR) is 118 cm³/mol. The highest BCUT2D eigenvalue weighted by Gasteiger charge is 2.28. The van der Waals surface area contributed by atoms with E-state index in [1.165, 1.54) is 41.5 Å². The summed E-state index contributed by atoms with van der Waals surface area (Å²) in [5.74, 6) is 0.363. The average molecular weight is 377 g/mol. The molecule has 0 bridgehead atoms. The van der Waals surface area contributed by atoms with Gasteiger partial charge in [0.15, 0.2) is 0 Å². The summed E-state index contributed by atoms with van der Waals surface area (Å²) in [5.41, 5.74) is 7.43. The summed E-state index contributed by atoms with van der Waals surface area (Å²) < 4.78 is 5.06. The summed E-state index contributed by atoms with van der Waals surface area (Å²) in [6.07, 6.45) is 5.99. The van der Waals surface area contributed by atoms with Gasteiger partial charge in [-0.05, 0) is 78.0 Å². The molecule has 0 radical (unpaired) electrons. The number of fused-ring (bicyclic) bond motifs is 1. The fourth-order valence-corrected chi connectivity index (χ4v) is 4.22. The van der Waals surface area contributed by atoms with Gasteiger partial charge in [0, 0.05) is 0 Å². The van der Waals surface area contributed by atoms with Gasteiger partial charge in [0.05, 0.1) is 12.2 Å². The molecular formula is C26H32O2. The van der Waals surface area contributed by atoms with Gasteiger partial charge in [0.25, 0.3) is 0 Å². The van der Waals surface area contributed by atoms with Crippen molar-refractivity contribution < 1.29 is 9.53 Å². The van der Waals surface area contributed by atoms with Gasteiger partial charge < -0.3 is 4.74 Å². The van der Waals surface area contributed by atoms with E-state index in [1.54, 1.807) is 0 Å². The lowest BCUT2D eigenvalue weighted by molar-refractivity contribution is 0.0526. The molecule has 2 aromatic carbocycles. The highest BCUT2D eigenvalue weighted by atomic mass is 16.5. The normalized spacial score (nSPS) is 18.9. The van der Waals surface area contributed by atoms with Crippen LogP contribution in [0.25, 0.3) is 11.6 Å². The Morgan fingerprint density at radius 2 is 1.82 bits per heavy atom. The number of allylic oxidation sites excluding steroid dienone is 1. The van der Waals surface area contributed by atoms with Crippen molar-refractivity contribution >= 4 is 17.6 Å². The van der Waals surface area contributed by atoms with Gasteiger partial charge >= 0.3 is 5.97 Å². The Kier molecular flexibility index (Phi) is 6.07. The first-order valence-corrected chi connectivity index (χ1v) is 10.4. The Bertz CT molecular complexity index is 872. The zero-order valence-corrected chi connectivity index (χ0v) is 17.8. The number of carbonyl (C=O) groups excluding carboxylic acids is 1. The number of rotatable bonds is 4.